The molecule has 0 spiro atoms. The van der Waals surface area contributed by atoms with Crippen molar-refractivity contribution in [1.82, 2.24) is 0 Å². The zero-order valence-corrected chi connectivity index (χ0v) is 13.3. The summed E-state index contributed by atoms with van der Waals surface area (Å²) in [5.74, 6) is 0.301. The number of carboxylic acids is 1. The highest BCUT2D eigenvalue weighted by Gasteiger charge is 2.20. The number of benzene rings is 3. The Balaban J connectivity index is 1.78. The van der Waals surface area contributed by atoms with Gasteiger partial charge in [0.05, 0.1) is 7.11 Å². The van der Waals surface area contributed by atoms with E-state index in [2.05, 4.69) is 0 Å². The maximum Gasteiger partial charge on any atom is 0.345 e. The summed E-state index contributed by atoms with van der Waals surface area (Å²) in [4.78, 5) is 11.5. The highest BCUT2D eigenvalue weighted by molar-refractivity contribution is 5.84. The number of methoxy groups -OCH3 is 1. The van der Waals surface area contributed by atoms with Crippen molar-refractivity contribution in [3.63, 3.8) is 0 Å². The highest BCUT2D eigenvalue weighted by atomic mass is 16.5. The standard InChI is InChI=1S/C20H18O4/c1-23-17-9-6-14(7-10-17)12-19(20(21)22)24-18-11-8-15-4-2-3-5-16(15)13-18/h2-11,13,19H,12H2,1H3,(H,21,22)/t19-/m1/s1. The minimum atomic E-state index is -0.987. The molecule has 4 heteroatoms. The third-order valence-electron chi connectivity index (χ3n) is 3.85. The van der Waals surface area contributed by atoms with Gasteiger partial charge in [0.1, 0.15) is 11.5 Å². The van der Waals surface area contributed by atoms with Crippen molar-refractivity contribution in [2.45, 2.75) is 12.5 Å². The number of carboxylic acid groups (broad SMARTS) is 1. The maximum atomic E-state index is 11.5. The van der Waals surface area contributed by atoms with Crippen molar-refractivity contribution in [2.75, 3.05) is 7.11 Å². The van der Waals surface area contributed by atoms with Gasteiger partial charge in [0.15, 0.2) is 6.10 Å². The molecule has 0 heterocycles. The maximum absolute atomic E-state index is 11.5. The van der Waals surface area contributed by atoms with E-state index in [0.717, 1.165) is 22.1 Å². The summed E-state index contributed by atoms with van der Waals surface area (Å²) in [5.41, 5.74) is 0.879. The summed E-state index contributed by atoms with van der Waals surface area (Å²) < 4.78 is 10.8. The molecule has 1 N–H and O–H groups in total. The van der Waals surface area contributed by atoms with Crippen LogP contribution in [-0.4, -0.2) is 24.3 Å². The van der Waals surface area contributed by atoms with E-state index in [1.54, 1.807) is 13.2 Å². The van der Waals surface area contributed by atoms with E-state index in [1.807, 2.05) is 60.7 Å². The van der Waals surface area contributed by atoms with Gasteiger partial charge in [-0.3, -0.25) is 0 Å². The molecular formula is C20H18O4. The fourth-order valence-electron chi connectivity index (χ4n) is 2.56. The highest BCUT2D eigenvalue weighted by Crippen LogP contribution is 2.22. The lowest BCUT2D eigenvalue weighted by Gasteiger charge is -2.16. The third kappa shape index (κ3) is 3.66. The number of hydrogen-bond acceptors (Lipinski definition) is 3. The molecule has 122 valence electrons. The molecule has 0 saturated carbocycles. The van der Waals surface area contributed by atoms with E-state index in [0.29, 0.717) is 5.75 Å². The first-order valence-corrected chi connectivity index (χ1v) is 7.67. The Labute approximate surface area is 140 Å². The molecule has 0 aliphatic carbocycles. The molecule has 3 aromatic carbocycles. The van der Waals surface area contributed by atoms with Crippen molar-refractivity contribution >= 4 is 16.7 Å². The number of rotatable bonds is 6. The molecule has 0 aliphatic heterocycles. The molecule has 3 rings (SSSR count). The number of carbonyl (C=O) groups is 1. The van der Waals surface area contributed by atoms with Crippen LogP contribution in [0.1, 0.15) is 5.56 Å². The summed E-state index contributed by atoms with van der Waals surface area (Å²) >= 11 is 0. The van der Waals surface area contributed by atoms with Crippen LogP contribution in [0.3, 0.4) is 0 Å². The molecular weight excluding hydrogens is 304 g/mol. The number of aliphatic carboxylic acids is 1. The van der Waals surface area contributed by atoms with Gasteiger partial charge in [0.2, 0.25) is 0 Å². The van der Waals surface area contributed by atoms with E-state index in [-0.39, 0.29) is 6.42 Å². The van der Waals surface area contributed by atoms with Gasteiger partial charge < -0.3 is 14.6 Å². The van der Waals surface area contributed by atoms with Crippen molar-refractivity contribution in [3.05, 3.63) is 72.3 Å². The number of hydrogen-bond donors (Lipinski definition) is 1. The second-order valence-corrected chi connectivity index (χ2v) is 5.51. The van der Waals surface area contributed by atoms with E-state index in [9.17, 15) is 9.90 Å². The summed E-state index contributed by atoms with van der Waals surface area (Å²) in [5, 5.41) is 11.6. The molecule has 0 fully saturated rings. The molecule has 4 nitrogen and oxygen atoms in total. The quantitative estimate of drug-likeness (QED) is 0.747. The molecule has 1 atom stereocenters. The van der Waals surface area contributed by atoms with Crippen molar-refractivity contribution < 1.29 is 19.4 Å². The first kappa shape index (κ1) is 15.9. The molecule has 0 aliphatic rings. The average molecular weight is 322 g/mol. The van der Waals surface area contributed by atoms with E-state index in [4.69, 9.17) is 9.47 Å². The zero-order chi connectivity index (χ0) is 16.9. The van der Waals surface area contributed by atoms with Crippen molar-refractivity contribution in [2.24, 2.45) is 0 Å². The van der Waals surface area contributed by atoms with Crippen LogP contribution in [0.25, 0.3) is 10.8 Å². The van der Waals surface area contributed by atoms with Gasteiger partial charge in [-0.25, -0.2) is 4.79 Å². The predicted molar refractivity (Wildman–Crippen MR) is 92.7 cm³/mol. The Morgan fingerprint density at radius 1 is 0.958 bits per heavy atom. The summed E-state index contributed by atoms with van der Waals surface area (Å²) in [7, 11) is 1.60. The Morgan fingerprint density at radius 2 is 1.62 bits per heavy atom. The lowest BCUT2D eigenvalue weighted by Crippen LogP contribution is -2.29. The first-order chi connectivity index (χ1) is 11.7. The average Bonchev–Trinajstić information content (AvgIpc) is 2.61. The van der Waals surface area contributed by atoms with Gasteiger partial charge >= 0.3 is 5.97 Å². The molecule has 3 aromatic rings. The van der Waals surface area contributed by atoms with Crippen LogP contribution in [0.5, 0.6) is 11.5 Å². The van der Waals surface area contributed by atoms with Gasteiger partial charge in [0.25, 0.3) is 0 Å². The van der Waals surface area contributed by atoms with Gasteiger partial charge in [-0.1, -0.05) is 42.5 Å². The molecule has 0 radical (unpaired) electrons. The Bertz CT molecular complexity index is 840. The van der Waals surface area contributed by atoms with Crippen molar-refractivity contribution in [1.29, 1.82) is 0 Å². The fourth-order valence-corrected chi connectivity index (χ4v) is 2.56. The monoisotopic (exact) mass is 322 g/mol. The first-order valence-electron chi connectivity index (χ1n) is 7.67. The van der Waals surface area contributed by atoms with Crippen molar-refractivity contribution in [3.8, 4) is 11.5 Å². The molecule has 0 bridgehead atoms. The second kappa shape index (κ2) is 7.04. The molecule has 0 aromatic heterocycles. The van der Waals surface area contributed by atoms with E-state index < -0.39 is 12.1 Å². The Kier molecular flexibility index (Phi) is 4.66. The van der Waals surface area contributed by atoms with Gasteiger partial charge in [-0.2, -0.15) is 0 Å². The summed E-state index contributed by atoms with van der Waals surface area (Å²) in [6.45, 7) is 0. The van der Waals surface area contributed by atoms with E-state index >= 15 is 0 Å². The zero-order valence-electron chi connectivity index (χ0n) is 13.3. The fraction of sp³-hybridized carbons (Fsp3) is 0.150. The Morgan fingerprint density at radius 3 is 2.29 bits per heavy atom. The van der Waals surface area contributed by atoms with Crippen LogP contribution >= 0.6 is 0 Å². The van der Waals surface area contributed by atoms with Gasteiger partial charge in [0, 0.05) is 6.42 Å². The normalized spacial score (nSPS) is 11.9. The van der Waals surface area contributed by atoms with Crippen LogP contribution in [0.15, 0.2) is 66.7 Å². The smallest absolute Gasteiger partial charge is 0.345 e. The minimum Gasteiger partial charge on any atom is -0.497 e. The third-order valence-corrected chi connectivity index (χ3v) is 3.85. The van der Waals surface area contributed by atoms with Crippen LogP contribution in [0.2, 0.25) is 0 Å². The number of ether oxygens (including phenoxy) is 2. The van der Waals surface area contributed by atoms with E-state index in [1.165, 1.54) is 0 Å². The van der Waals surface area contributed by atoms with Gasteiger partial charge in [-0.15, -0.1) is 0 Å². The van der Waals surface area contributed by atoms with Gasteiger partial charge in [-0.05, 0) is 40.6 Å². The lowest BCUT2D eigenvalue weighted by molar-refractivity contribution is -0.145. The molecule has 0 unspecified atom stereocenters. The number of fused-ring (bicyclic) bond motifs is 1. The van der Waals surface area contributed by atoms with Crippen LogP contribution in [0.4, 0.5) is 0 Å². The molecule has 0 saturated heterocycles. The SMILES string of the molecule is COc1ccc(C[C@@H](Oc2ccc3ccccc3c2)C(=O)O)cc1. The molecule has 24 heavy (non-hydrogen) atoms. The largest absolute Gasteiger partial charge is 0.497 e. The summed E-state index contributed by atoms with van der Waals surface area (Å²) in [6, 6.07) is 20.8. The topological polar surface area (TPSA) is 55.8 Å². The minimum absolute atomic E-state index is 0.284. The van der Waals surface area contributed by atoms with Crippen LogP contribution < -0.4 is 9.47 Å². The van der Waals surface area contributed by atoms with Crippen LogP contribution in [0, 0.1) is 0 Å². The second-order valence-electron chi connectivity index (χ2n) is 5.51. The van der Waals surface area contributed by atoms with Crippen LogP contribution in [-0.2, 0) is 11.2 Å². The Hall–Kier alpha value is -3.01. The molecule has 0 amide bonds. The lowest BCUT2D eigenvalue weighted by atomic mass is 10.1. The summed E-state index contributed by atoms with van der Waals surface area (Å²) in [6.07, 6.45) is -0.661. The predicted octanol–water partition coefficient (Wildman–Crippen LogP) is 3.92.